The van der Waals surface area contributed by atoms with Gasteiger partial charge in [-0.2, -0.15) is 0 Å². The van der Waals surface area contributed by atoms with Crippen LogP contribution in [0.5, 0.6) is 0 Å². The van der Waals surface area contributed by atoms with Gasteiger partial charge in [-0.25, -0.2) is 4.79 Å². The second-order valence-electron chi connectivity index (χ2n) is 3.57. The highest BCUT2D eigenvalue weighted by Gasteiger charge is 2.22. The standard InChI is InChI=1S/C9H16ClN3O/c1-6(13-9(11)14)12-8-5-3-2-4-7(8)10/h7-8H,2-5H2,1H3,(H3,11,12,13,14)/t7-,8-/m0/s1. The van der Waals surface area contributed by atoms with Crippen LogP contribution in [0.15, 0.2) is 4.99 Å². The molecule has 0 aromatic heterocycles. The number of carbonyl (C=O) groups is 1. The van der Waals surface area contributed by atoms with Crippen LogP contribution in [-0.4, -0.2) is 23.3 Å². The first-order valence-electron chi connectivity index (χ1n) is 4.84. The Bertz CT molecular complexity index is 242. The molecular weight excluding hydrogens is 202 g/mol. The zero-order valence-corrected chi connectivity index (χ0v) is 9.05. The van der Waals surface area contributed by atoms with Crippen LogP contribution in [0.3, 0.4) is 0 Å². The van der Waals surface area contributed by atoms with E-state index in [1.807, 2.05) is 0 Å². The molecule has 80 valence electrons. The fraction of sp³-hybridized carbons (Fsp3) is 0.778. The van der Waals surface area contributed by atoms with Gasteiger partial charge in [0.05, 0.1) is 11.4 Å². The summed E-state index contributed by atoms with van der Waals surface area (Å²) >= 11 is 6.11. The molecule has 0 aliphatic heterocycles. The first-order chi connectivity index (χ1) is 6.59. The molecule has 0 radical (unpaired) electrons. The molecule has 0 unspecified atom stereocenters. The molecule has 0 heterocycles. The third kappa shape index (κ3) is 3.54. The van der Waals surface area contributed by atoms with Crippen LogP contribution in [0.25, 0.3) is 0 Å². The van der Waals surface area contributed by atoms with Crippen LogP contribution in [-0.2, 0) is 0 Å². The quantitative estimate of drug-likeness (QED) is 0.391. The van der Waals surface area contributed by atoms with Crippen molar-refractivity contribution in [3.8, 4) is 0 Å². The largest absolute Gasteiger partial charge is 0.351 e. The average Bonchev–Trinajstić information content (AvgIpc) is 2.07. The number of rotatable bonds is 1. The molecule has 2 atom stereocenters. The lowest BCUT2D eigenvalue weighted by Crippen LogP contribution is -2.35. The van der Waals surface area contributed by atoms with E-state index in [1.165, 1.54) is 6.42 Å². The molecule has 1 saturated carbocycles. The number of primary amides is 1. The van der Waals surface area contributed by atoms with Gasteiger partial charge in [0.1, 0.15) is 5.84 Å². The van der Waals surface area contributed by atoms with Gasteiger partial charge in [-0.05, 0) is 19.8 Å². The molecule has 1 fully saturated rings. The number of carbonyl (C=O) groups excluding carboxylic acids is 1. The summed E-state index contributed by atoms with van der Waals surface area (Å²) in [5.74, 6) is 0.551. The molecule has 5 heteroatoms. The first-order valence-corrected chi connectivity index (χ1v) is 5.28. The first kappa shape index (κ1) is 11.3. The van der Waals surface area contributed by atoms with Crippen LogP contribution >= 0.6 is 11.6 Å². The highest BCUT2D eigenvalue weighted by atomic mass is 35.5. The van der Waals surface area contributed by atoms with Crippen molar-refractivity contribution in [2.24, 2.45) is 10.7 Å². The number of amides is 2. The van der Waals surface area contributed by atoms with E-state index in [-0.39, 0.29) is 11.4 Å². The summed E-state index contributed by atoms with van der Waals surface area (Å²) in [6.07, 6.45) is 4.31. The van der Waals surface area contributed by atoms with E-state index in [0.29, 0.717) is 5.84 Å². The van der Waals surface area contributed by atoms with Crippen molar-refractivity contribution in [2.45, 2.75) is 44.0 Å². The monoisotopic (exact) mass is 217 g/mol. The summed E-state index contributed by atoms with van der Waals surface area (Å²) in [5.41, 5.74) is 4.97. The third-order valence-corrected chi connectivity index (χ3v) is 2.82. The number of nitrogens with one attached hydrogen (secondary N) is 1. The number of urea groups is 1. The zero-order chi connectivity index (χ0) is 10.6. The van der Waals surface area contributed by atoms with Gasteiger partial charge in [-0.15, -0.1) is 11.6 Å². The lowest BCUT2D eigenvalue weighted by atomic mass is 9.95. The van der Waals surface area contributed by atoms with E-state index in [9.17, 15) is 4.79 Å². The molecule has 3 N–H and O–H groups in total. The van der Waals surface area contributed by atoms with Crippen LogP contribution in [0.1, 0.15) is 32.6 Å². The van der Waals surface area contributed by atoms with Gasteiger partial charge in [0.15, 0.2) is 0 Å². The normalized spacial score (nSPS) is 28.6. The van der Waals surface area contributed by atoms with Crippen LogP contribution in [0, 0.1) is 0 Å². The van der Waals surface area contributed by atoms with Crippen molar-refractivity contribution in [3.63, 3.8) is 0 Å². The Hall–Kier alpha value is -0.770. The Kier molecular flexibility index (Phi) is 4.20. The predicted octanol–water partition coefficient (Wildman–Crippen LogP) is 1.62. The Morgan fingerprint density at radius 1 is 1.50 bits per heavy atom. The van der Waals surface area contributed by atoms with Gasteiger partial charge in [0.2, 0.25) is 0 Å². The second kappa shape index (κ2) is 5.20. The molecule has 1 rings (SSSR count). The number of nitrogens with two attached hydrogens (primary N) is 1. The molecule has 0 aromatic rings. The minimum Gasteiger partial charge on any atom is -0.351 e. The van der Waals surface area contributed by atoms with Crippen molar-refractivity contribution in [1.29, 1.82) is 0 Å². The summed E-state index contributed by atoms with van der Waals surface area (Å²) < 4.78 is 0. The molecular formula is C9H16ClN3O. The summed E-state index contributed by atoms with van der Waals surface area (Å²) in [6, 6.07) is -0.453. The third-order valence-electron chi connectivity index (χ3n) is 2.31. The Balaban J connectivity index is 2.51. The Labute approximate surface area is 88.9 Å². The highest BCUT2D eigenvalue weighted by molar-refractivity contribution is 6.21. The fourth-order valence-electron chi connectivity index (χ4n) is 1.67. The molecule has 4 nitrogen and oxygen atoms in total. The fourth-order valence-corrected chi connectivity index (χ4v) is 2.01. The lowest BCUT2D eigenvalue weighted by Gasteiger charge is -2.24. The summed E-state index contributed by atoms with van der Waals surface area (Å²) in [4.78, 5) is 14.9. The van der Waals surface area contributed by atoms with Crippen molar-refractivity contribution in [3.05, 3.63) is 0 Å². The van der Waals surface area contributed by atoms with E-state index in [2.05, 4.69) is 10.3 Å². The summed E-state index contributed by atoms with van der Waals surface area (Å²) in [5, 5.41) is 2.53. The molecule has 1 aliphatic rings. The van der Waals surface area contributed by atoms with E-state index in [0.717, 1.165) is 19.3 Å². The van der Waals surface area contributed by atoms with E-state index < -0.39 is 6.03 Å². The van der Waals surface area contributed by atoms with Crippen LogP contribution < -0.4 is 11.1 Å². The SMILES string of the molecule is CC(=N[C@H]1CCCC[C@@H]1Cl)NC(N)=O. The highest BCUT2D eigenvalue weighted by Crippen LogP contribution is 2.25. The smallest absolute Gasteiger partial charge is 0.317 e. The number of hydrogen-bond donors (Lipinski definition) is 2. The van der Waals surface area contributed by atoms with Gasteiger partial charge in [0.25, 0.3) is 0 Å². The topological polar surface area (TPSA) is 67.5 Å². The van der Waals surface area contributed by atoms with Crippen molar-refractivity contribution in [2.75, 3.05) is 0 Å². The number of hydrogen-bond acceptors (Lipinski definition) is 2. The van der Waals surface area contributed by atoms with Gasteiger partial charge < -0.3 is 5.73 Å². The van der Waals surface area contributed by atoms with E-state index in [1.54, 1.807) is 6.92 Å². The number of nitrogens with zero attached hydrogens (tertiary/aromatic N) is 1. The number of aliphatic imine (C=N–C) groups is 1. The zero-order valence-electron chi connectivity index (χ0n) is 8.29. The second-order valence-corrected chi connectivity index (χ2v) is 4.13. The minimum atomic E-state index is -0.576. The summed E-state index contributed by atoms with van der Waals surface area (Å²) in [6.45, 7) is 1.73. The molecule has 2 amide bonds. The Morgan fingerprint density at radius 3 is 2.71 bits per heavy atom. The van der Waals surface area contributed by atoms with Crippen molar-refractivity contribution < 1.29 is 4.79 Å². The molecule has 0 aromatic carbocycles. The van der Waals surface area contributed by atoms with Gasteiger partial charge in [0, 0.05) is 0 Å². The minimum absolute atomic E-state index is 0.0911. The molecule has 1 aliphatic carbocycles. The maximum absolute atomic E-state index is 10.5. The van der Waals surface area contributed by atoms with Crippen LogP contribution in [0.4, 0.5) is 4.79 Å². The van der Waals surface area contributed by atoms with Gasteiger partial charge >= 0.3 is 6.03 Å². The molecule has 0 spiro atoms. The molecule has 0 saturated heterocycles. The molecule has 14 heavy (non-hydrogen) atoms. The number of amidine groups is 1. The van der Waals surface area contributed by atoms with Gasteiger partial charge in [-0.3, -0.25) is 10.3 Å². The number of halogens is 1. The van der Waals surface area contributed by atoms with Crippen molar-refractivity contribution in [1.82, 2.24) is 5.32 Å². The molecule has 0 bridgehead atoms. The summed E-state index contributed by atoms with van der Waals surface area (Å²) in [7, 11) is 0. The Morgan fingerprint density at radius 2 is 2.14 bits per heavy atom. The van der Waals surface area contributed by atoms with Crippen LogP contribution in [0.2, 0.25) is 0 Å². The number of alkyl halides is 1. The van der Waals surface area contributed by atoms with Gasteiger partial charge in [-0.1, -0.05) is 12.8 Å². The van der Waals surface area contributed by atoms with E-state index in [4.69, 9.17) is 17.3 Å². The average molecular weight is 218 g/mol. The maximum atomic E-state index is 10.5. The maximum Gasteiger partial charge on any atom is 0.317 e. The van der Waals surface area contributed by atoms with E-state index >= 15 is 0 Å². The lowest BCUT2D eigenvalue weighted by molar-refractivity contribution is 0.253. The predicted molar refractivity (Wildman–Crippen MR) is 57.7 cm³/mol. The van der Waals surface area contributed by atoms with Crippen molar-refractivity contribution >= 4 is 23.5 Å².